The lowest BCUT2D eigenvalue weighted by Gasteiger charge is -2.24. The number of rotatable bonds is 10. The van der Waals surface area contributed by atoms with E-state index in [9.17, 15) is 0 Å². The molecule has 0 N–H and O–H groups in total. The predicted octanol–water partition coefficient (Wildman–Crippen LogP) is 1.36. The Hall–Kier alpha value is -0.283. The van der Waals surface area contributed by atoms with Gasteiger partial charge in [-0.15, -0.1) is 0 Å². The molecule has 90 valence electrons. The lowest BCUT2D eigenvalue weighted by Crippen LogP contribution is -2.44. The van der Waals surface area contributed by atoms with Crippen LogP contribution in [0.1, 0.15) is 20.8 Å². The maximum absolute atomic E-state index is 5.35. The lowest BCUT2D eigenvalue weighted by molar-refractivity contribution is -0.355. The van der Waals surface area contributed by atoms with Crippen LogP contribution in [0.4, 0.5) is 0 Å². The summed E-state index contributed by atoms with van der Waals surface area (Å²) in [5.74, 6) is 0. The van der Waals surface area contributed by atoms with Crippen molar-refractivity contribution < 1.29 is 28.4 Å². The van der Waals surface area contributed by atoms with Crippen LogP contribution in [-0.4, -0.2) is 28.6 Å². The first-order valence-electron chi connectivity index (χ1n) is 4.72. The van der Waals surface area contributed by atoms with E-state index in [0.717, 1.165) is 5.70 Å². The van der Waals surface area contributed by atoms with E-state index in [2.05, 4.69) is 0 Å². The highest BCUT2D eigenvalue weighted by atomic mass is 28.4. The zero-order valence-electron chi connectivity index (χ0n) is 9.23. The van der Waals surface area contributed by atoms with Gasteiger partial charge in [-0.1, -0.05) is 0 Å². The summed E-state index contributed by atoms with van der Waals surface area (Å²) in [6, 6.07) is 0. The maximum Gasteiger partial charge on any atom is 0.577 e. The second-order valence-corrected chi connectivity index (χ2v) is 4.28. The summed E-state index contributed by atoms with van der Waals surface area (Å²) >= 11 is 0. The Balaban J connectivity index is 4.23. The molecule has 0 aromatic rings. The molecule has 0 heterocycles. The molecule has 0 saturated carbocycles. The SMILES string of the molecule is [CH-]=C[Si](OOCC)(OOCC)OOCC. The molecule has 0 aliphatic carbocycles. The van der Waals surface area contributed by atoms with Gasteiger partial charge in [-0.2, -0.15) is 5.70 Å². The summed E-state index contributed by atoms with van der Waals surface area (Å²) in [5.41, 5.74) is 1.11. The Bertz CT molecular complexity index is 143. The summed E-state index contributed by atoms with van der Waals surface area (Å²) in [4.78, 5) is 14.2. The average molecular weight is 237 g/mol. The molecule has 6 nitrogen and oxygen atoms in total. The summed E-state index contributed by atoms with van der Waals surface area (Å²) in [5, 5.41) is 0. The van der Waals surface area contributed by atoms with E-state index >= 15 is 0 Å². The Labute approximate surface area is 90.8 Å². The van der Waals surface area contributed by atoms with Crippen LogP contribution in [0.15, 0.2) is 5.70 Å². The van der Waals surface area contributed by atoms with Gasteiger partial charge in [0.2, 0.25) is 0 Å². The van der Waals surface area contributed by atoms with Gasteiger partial charge in [0.1, 0.15) is 0 Å². The molecule has 0 amide bonds. The van der Waals surface area contributed by atoms with Crippen molar-refractivity contribution in [1.82, 2.24) is 0 Å². The molecule has 15 heavy (non-hydrogen) atoms. The molecule has 0 aliphatic heterocycles. The summed E-state index contributed by atoms with van der Waals surface area (Å²) < 4.78 is 14.7. The van der Waals surface area contributed by atoms with Crippen molar-refractivity contribution in [3.8, 4) is 0 Å². The van der Waals surface area contributed by atoms with E-state index in [1.807, 2.05) is 0 Å². The number of hydrogen-bond acceptors (Lipinski definition) is 6. The van der Waals surface area contributed by atoms with Crippen LogP contribution < -0.4 is 0 Å². The third kappa shape index (κ3) is 6.00. The molecule has 0 aromatic heterocycles. The van der Waals surface area contributed by atoms with E-state index in [1.165, 1.54) is 0 Å². The highest BCUT2D eigenvalue weighted by Gasteiger charge is 2.40. The molecule has 0 saturated heterocycles. The van der Waals surface area contributed by atoms with Crippen LogP contribution in [0.5, 0.6) is 0 Å². The van der Waals surface area contributed by atoms with Gasteiger partial charge < -0.3 is 6.58 Å². The Kier molecular flexibility index (Phi) is 8.81. The van der Waals surface area contributed by atoms with Gasteiger partial charge in [-0.3, -0.25) is 0 Å². The fourth-order valence-corrected chi connectivity index (χ4v) is 1.64. The first kappa shape index (κ1) is 14.7. The minimum absolute atomic E-state index is 0.327. The van der Waals surface area contributed by atoms with Crippen molar-refractivity contribution >= 4 is 8.80 Å². The van der Waals surface area contributed by atoms with E-state index in [1.54, 1.807) is 20.8 Å². The van der Waals surface area contributed by atoms with Gasteiger partial charge in [-0.25, -0.2) is 28.4 Å². The molecule has 0 rings (SSSR count). The van der Waals surface area contributed by atoms with Crippen molar-refractivity contribution in [3.63, 3.8) is 0 Å². The van der Waals surface area contributed by atoms with Crippen LogP contribution in [0, 0.1) is 6.58 Å². The molecule has 0 aromatic carbocycles. The van der Waals surface area contributed by atoms with E-state index in [4.69, 9.17) is 35.0 Å². The molecule has 0 spiro atoms. The van der Waals surface area contributed by atoms with E-state index in [-0.39, 0.29) is 0 Å². The second kappa shape index (κ2) is 8.98. The third-order valence-corrected chi connectivity index (χ3v) is 2.54. The zero-order valence-corrected chi connectivity index (χ0v) is 10.2. The largest absolute Gasteiger partial charge is 0.577 e. The third-order valence-electron chi connectivity index (χ3n) is 1.08. The highest BCUT2D eigenvalue weighted by molar-refractivity contribution is 6.65. The van der Waals surface area contributed by atoms with Crippen molar-refractivity contribution in [2.75, 3.05) is 19.8 Å². The standard InChI is InChI=1S/C8H17O6Si/c1-5-9-12-15(8-4,13-10-6-2)14-11-7-3/h4,8H,5-7H2,1-3H3/q-1. The smallest absolute Gasteiger partial charge is 0.515 e. The fourth-order valence-electron chi connectivity index (χ4n) is 0.548. The second-order valence-electron chi connectivity index (χ2n) is 2.24. The monoisotopic (exact) mass is 237 g/mol. The first-order chi connectivity index (χ1) is 7.24. The van der Waals surface area contributed by atoms with E-state index in [0.29, 0.717) is 19.8 Å². The normalized spacial score (nSPS) is 11.7. The van der Waals surface area contributed by atoms with Gasteiger partial charge in [-0.05, 0) is 20.8 Å². The molecule has 0 atom stereocenters. The molecule has 0 aliphatic rings. The van der Waals surface area contributed by atoms with Gasteiger partial charge in [0, 0.05) is 0 Å². The average Bonchev–Trinajstić information content (AvgIpc) is 2.29. The molecule has 0 fully saturated rings. The molecule has 0 unspecified atom stereocenters. The van der Waals surface area contributed by atoms with Crippen molar-refractivity contribution in [2.24, 2.45) is 0 Å². The summed E-state index contributed by atoms with van der Waals surface area (Å²) in [6.07, 6.45) is 0. The number of hydrogen-bond donors (Lipinski definition) is 0. The first-order valence-corrected chi connectivity index (χ1v) is 6.52. The Morgan fingerprint density at radius 2 is 1.20 bits per heavy atom. The highest BCUT2D eigenvalue weighted by Crippen LogP contribution is 2.12. The minimum Gasteiger partial charge on any atom is -0.515 e. The van der Waals surface area contributed by atoms with Crippen molar-refractivity contribution in [3.05, 3.63) is 12.3 Å². The van der Waals surface area contributed by atoms with Crippen LogP contribution in [0.2, 0.25) is 0 Å². The molecular formula is C8H17O6Si-. The van der Waals surface area contributed by atoms with E-state index < -0.39 is 8.80 Å². The summed E-state index contributed by atoms with van der Waals surface area (Å²) in [6.45, 7) is 11.6. The van der Waals surface area contributed by atoms with Crippen molar-refractivity contribution in [2.45, 2.75) is 20.8 Å². The van der Waals surface area contributed by atoms with Gasteiger partial charge in [0.05, 0.1) is 19.8 Å². The van der Waals surface area contributed by atoms with Gasteiger partial charge in [0.25, 0.3) is 0 Å². The fraction of sp³-hybridized carbons (Fsp3) is 0.750. The van der Waals surface area contributed by atoms with Crippen LogP contribution in [0.3, 0.4) is 0 Å². The summed E-state index contributed by atoms with van der Waals surface area (Å²) in [7, 11) is -3.35. The quantitative estimate of drug-likeness (QED) is 0.247. The van der Waals surface area contributed by atoms with Gasteiger partial charge >= 0.3 is 8.80 Å². The molecule has 7 heteroatoms. The Morgan fingerprint density at radius 3 is 1.40 bits per heavy atom. The minimum atomic E-state index is -3.35. The van der Waals surface area contributed by atoms with Crippen molar-refractivity contribution in [1.29, 1.82) is 0 Å². The van der Waals surface area contributed by atoms with Crippen LogP contribution in [-0.2, 0) is 28.4 Å². The van der Waals surface area contributed by atoms with Crippen LogP contribution >= 0.6 is 0 Å². The van der Waals surface area contributed by atoms with Gasteiger partial charge in [0.15, 0.2) is 0 Å². The predicted molar refractivity (Wildman–Crippen MR) is 52.8 cm³/mol. The molecule has 0 bridgehead atoms. The molecular weight excluding hydrogens is 220 g/mol. The zero-order chi connectivity index (χ0) is 11.6. The lowest BCUT2D eigenvalue weighted by atomic mass is 10.9. The van der Waals surface area contributed by atoms with Crippen LogP contribution in [0.25, 0.3) is 0 Å². The molecule has 0 radical (unpaired) electrons. The Morgan fingerprint density at radius 1 is 0.867 bits per heavy atom. The maximum atomic E-state index is 5.35. The topological polar surface area (TPSA) is 55.4 Å².